The minimum atomic E-state index is -0.164. The van der Waals surface area contributed by atoms with Gasteiger partial charge >= 0.3 is 0 Å². The van der Waals surface area contributed by atoms with Crippen molar-refractivity contribution in [2.24, 2.45) is 0 Å². The van der Waals surface area contributed by atoms with E-state index in [4.69, 9.17) is 0 Å². The standard InChI is InChI=1S/C15H19N5O.ClH/c1-11-4-2-6-13(8-11)20-10-14(18-19-20)15(21)17-12-5-3-7-16-9-12;/h2,4,6,8,10,12,16H,3,5,7,9H2,1H3,(H,17,21);1H/t12-;/m0./s1. The number of hydrogen-bond acceptors (Lipinski definition) is 4. The minimum Gasteiger partial charge on any atom is -0.347 e. The first-order chi connectivity index (χ1) is 10.2. The van der Waals surface area contributed by atoms with Crippen LogP contribution in [0.3, 0.4) is 0 Å². The monoisotopic (exact) mass is 321 g/mol. The fraction of sp³-hybridized carbons (Fsp3) is 0.400. The molecular formula is C15H20ClN5O. The number of carbonyl (C=O) groups is 1. The zero-order valence-electron chi connectivity index (χ0n) is 12.5. The highest BCUT2D eigenvalue weighted by Gasteiger charge is 2.18. The predicted octanol–water partition coefficient (Wildman–Crippen LogP) is 1.48. The van der Waals surface area contributed by atoms with E-state index in [2.05, 4.69) is 20.9 Å². The van der Waals surface area contributed by atoms with Crippen LogP contribution in [0, 0.1) is 6.92 Å². The first-order valence-corrected chi connectivity index (χ1v) is 7.23. The van der Waals surface area contributed by atoms with Gasteiger partial charge in [-0.25, -0.2) is 4.68 Å². The van der Waals surface area contributed by atoms with Crippen molar-refractivity contribution in [1.29, 1.82) is 0 Å². The van der Waals surface area contributed by atoms with Crippen LogP contribution in [0.1, 0.15) is 28.9 Å². The molecule has 22 heavy (non-hydrogen) atoms. The molecule has 1 aromatic heterocycles. The first-order valence-electron chi connectivity index (χ1n) is 7.23. The molecule has 3 rings (SSSR count). The summed E-state index contributed by atoms with van der Waals surface area (Å²) in [5.41, 5.74) is 2.39. The van der Waals surface area contributed by atoms with Crippen LogP contribution in [0.4, 0.5) is 0 Å². The number of benzene rings is 1. The largest absolute Gasteiger partial charge is 0.347 e. The van der Waals surface area contributed by atoms with Gasteiger partial charge in [0, 0.05) is 12.6 Å². The maximum Gasteiger partial charge on any atom is 0.273 e. The van der Waals surface area contributed by atoms with Gasteiger partial charge in [0.25, 0.3) is 5.91 Å². The van der Waals surface area contributed by atoms with E-state index in [1.54, 1.807) is 10.9 Å². The Morgan fingerprint density at radius 2 is 2.32 bits per heavy atom. The number of aromatic nitrogens is 3. The molecule has 118 valence electrons. The fourth-order valence-corrected chi connectivity index (χ4v) is 2.50. The van der Waals surface area contributed by atoms with Gasteiger partial charge in [0.2, 0.25) is 0 Å². The molecule has 2 N–H and O–H groups in total. The van der Waals surface area contributed by atoms with E-state index in [-0.39, 0.29) is 24.4 Å². The highest BCUT2D eigenvalue weighted by Crippen LogP contribution is 2.09. The van der Waals surface area contributed by atoms with Gasteiger partial charge in [0.05, 0.1) is 11.9 Å². The third-order valence-electron chi connectivity index (χ3n) is 3.62. The number of carbonyl (C=O) groups excluding carboxylic acids is 1. The molecule has 1 aliphatic rings. The zero-order valence-corrected chi connectivity index (χ0v) is 13.3. The number of aryl methyl sites for hydroxylation is 1. The number of piperidine rings is 1. The van der Waals surface area contributed by atoms with Crippen molar-refractivity contribution in [3.05, 3.63) is 41.7 Å². The topological polar surface area (TPSA) is 71.8 Å². The molecule has 0 bridgehead atoms. The van der Waals surface area contributed by atoms with Crippen molar-refractivity contribution < 1.29 is 4.79 Å². The Labute approximate surface area is 135 Å². The highest BCUT2D eigenvalue weighted by molar-refractivity contribution is 5.92. The van der Waals surface area contributed by atoms with Crippen molar-refractivity contribution in [2.45, 2.75) is 25.8 Å². The molecule has 6 nitrogen and oxygen atoms in total. The van der Waals surface area contributed by atoms with Crippen molar-refractivity contribution in [3.63, 3.8) is 0 Å². The molecule has 0 unspecified atom stereocenters. The van der Waals surface area contributed by atoms with Gasteiger partial charge < -0.3 is 10.6 Å². The smallest absolute Gasteiger partial charge is 0.273 e. The fourth-order valence-electron chi connectivity index (χ4n) is 2.50. The molecule has 1 fully saturated rings. The number of nitrogens with zero attached hydrogens (tertiary/aromatic N) is 3. The molecule has 7 heteroatoms. The number of amides is 1. The van der Waals surface area contributed by atoms with E-state index in [0.717, 1.165) is 37.2 Å². The Balaban J connectivity index is 0.00000176. The van der Waals surface area contributed by atoms with Crippen LogP contribution in [0.25, 0.3) is 5.69 Å². The van der Waals surface area contributed by atoms with Crippen LogP contribution in [0.5, 0.6) is 0 Å². The Kier molecular flexibility index (Phi) is 5.51. The lowest BCUT2D eigenvalue weighted by atomic mass is 10.1. The zero-order chi connectivity index (χ0) is 14.7. The molecule has 1 saturated heterocycles. The second-order valence-corrected chi connectivity index (χ2v) is 5.40. The predicted molar refractivity (Wildman–Crippen MR) is 86.7 cm³/mol. The quantitative estimate of drug-likeness (QED) is 0.898. The van der Waals surface area contributed by atoms with Crippen LogP contribution in [-0.4, -0.2) is 40.0 Å². The van der Waals surface area contributed by atoms with Crippen LogP contribution in [-0.2, 0) is 0 Å². The minimum absolute atomic E-state index is 0. The number of hydrogen-bond donors (Lipinski definition) is 2. The molecule has 1 atom stereocenters. The van der Waals surface area contributed by atoms with Gasteiger partial charge in [0.15, 0.2) is 5.69 Å². The molecule has 0 aliphatic carbocycles. The normalized spacial score (nSPS) is 17.6. The average molecular weight is 322 g/mol. The Morgan fingerprint density at radius 3 is 3.05 bits per heavy atom. The lowest BCUT2D eigenvalue weighted by molar-refractivity contribution is 0.0925. The Hall–Kier alpha value is -1.92. The molecule has 0 spiro atoms. The van der Waals surface area contributed by atoms with Gasteiger partial charge in [-0.3, -0.25) is 4.79 Å². The third-order valence-corrected chi connectivity index (χ3v) is 3.62. The SMILES string of the molecule is Cc1cccc(-n2cc(C(=O)N[C@H]3CCCNC3)nn2)c1.Cl. The van der Waals surface area contributed by atoms with Gasteiger partial charge in [-0.1, -0.05) is 17.3 Å². The van der Waals surface area contributed by atoms with Crippen molar-refractivity contribution >= 4 is 18.3 Å². The van der Waals surface area contributed by atoms with E-state index in [0.29, 0.717) is 5.69 Å². The summed E-state index contributed by atoms with van der Waals surface area (Å²) in [6, 6.07) is 8.09. The number of halogens is 1. The summed E-state index contributed by atoms with van der Waals surface area (Å²) in [5.74, 6) is -0.164. The van der Waals surface area contributed by atoms with Crippen LogP contribution in [0.2, 0.25) is 0 Å². The summed E-state index contributed by atoms with van der Waals surface area (Å²) >= 11 is 0. The van der Waals surface area contributed by atoms with Gasteiger partial charge in [-0.05, 0) is 44.0 Å². The van der Waals surface area contributed by atoms with Crippen LogP contribution < -0.4 is 10.6 Å². The first kappa shape index (κ1) is 16.5. The molecule has 2 aromatic rings. The maximum atomic E-state index is 12.2. The number of nitrogens with one attached hydrogen (secondary N) is 2. The van der Waals surface area contributed by atoms with Gasteiger partial charge in [-0.15, -0.1) is 17.5 Å². The van der Waals surface area contributed by atoms with Crippen molar-refractivity contribution in [3.8, 4) is 5.69 Å². The molecular weight excluding hydrogens is 302 g/mol. The summed E-state index contributed by atoms with van der Waals surface area (Å²) in [6.45, 7) is 3.86. The van der Waals surface area contributed by atoms with Crippen LogP contribution in [0.15, 0.2) is 30.5 Å². The molecule has 2 heterocycles. The lowest BCUT2D eigenvalue weighted by Gasteiger charge is -2.23. The van der Waals surface area contributed by atoms with Crippen LogP contribution >= 0.6 is 12.4 Å². The van der Waals surface area contributed by atoms with E-state index < -0.39 is 0 Å². The van der Waals surface area contributed by atoms with E-state index in [1.807, 2.05) is 31.2 Å². The van der Waals surface area contributed by atoms with Gasteiger partial charge in [0.1, 0.15) is 0 Å². The van der Waals surface area contributed by atoms with E-state index in [1.165, 1.54) is 0 Å². The Bertz CT molecular complexity index is 636. The summed E-state index contributed by atoms with van der Waals surface area (Å²) in [5, 5.41) is 14.3. The van der Waals surface area contributed by atoms with Crippen molar-refractivity contribution in [1.82, 2.24) is 25.6 Å². The highest BCUT2D eigenvalue weighted by atomic mass is 35.5. The summed E-state index contributed by atoms with van der Waals surface area (Å²) in [4.78, 5) is 12.2. The molecule has 1 aliphatic heterocycles. The summed E-state index contributed by atoms with van der Waals surface area (Å²) in [7, 11) is 0. The van der Waals surface area contributed by atoms with Crippen molar-refractivity contribution in [2.75, 3.05) is 13.1 Å². The summed E-state index contributed by atoms with van der Waals surface area (Å²) < 4.78 is 1.63. The third kappa shape index (κ3) is 3.84. The van der Waals surface area contributed by atoms with Gasteiger partial charge in [-0.2, -0.15) is 0 Å². The maximum absolute atomic E-state index is 12.2. The van der Waals surface area contributed by atoms with E-state index >= 15 is 0 Å². The molecule has 1 aromatic carbocycles. The summed E-state index contributed by atoms with van der Waals surface area (Å²) in [6.07, 6.45) is 3.76. The second-order valence-electron chi connectivity index (χ2n) is 5.40. The Morgan fingerprint density at radius 1 is 1.45 bits per heavy atom. The molecule has 0 saturated carbocycles. The molecule has 0 radical (unpaired) electrons. The second kappa shape index (κ2) is 7.38. The lowest BCUT2D eigenvalue weighted by Crippen LogP contribution is -2.45. The average Bonchev–Trinajstić information content (AvgIpc) is 2.98. The molecule has 1 amide bonds. The number of rotatable bonds is 3. The van der Waals surface area contributed by atoms with E-state index in [9.17, 15) is 4.79 Å².